The van der Waals surface area contributed by atoms with Crippen LogP contribution in [0.3, 0.4) is 0 Å². The molecule has 0 spiro atoms. The Morgan fingerprint density at radius 2 is 1.08 bits per heavy atom. The summed E-state index contributed by atoms with van der Waals surface area (Å²) in [6.45, 7) is 0. The third-order valence-electron chi connectivity index (χ3n) is 0. The van der Waals surface area contributed by atoms with E-state index in [1.807, 2.05) is 26.0 Å². The fourth-order valence-corrected chi connectivity index (χ4v) is 0. The van der Waals surface area contributed by atoms with Crippen molar-refractivity contribution in [2.75, 3.05) is 21.1 Å². The minimum absolute atomic E-state index is 0. The molecule has 0 N–H and O–H groups in total. The summed E-state index contributed by atoms with van der Waals surface area (Å²) >= 11 is -0.000000000000000444. The number of rotatable bonds is 0. The number of halogens is 2. The Morgan fingerprint density at radius 1 is 1.08 bits per heavy atom. The van der Waals surface area contributed by atoms with Crippen molar-refractivity contribution in [1.29, 1.82) is 0 Å². The standard InChI is InChI=1S/C3H9N.2CH3.Al.2ClH.O2S/c1-4(2)3;;;;;;1-3-2/h1-3H3;2*1H3;;2*1H;/q;;;+1;;;/p-1. The van der Waals surface area contributed by atoms with Crippen molar-refractivity contribution >= 4 is 39.2 Å². The van der Waals surface area contributed by atoms with Crippen molar-refractivity contribution in [3.63, 3.8) is 0 Å². The van der Waals surface area contributed by atoms with Gasteiger partial charge in [0, 0.05) is 0 Å². The van der Waals surface area contributed by atoms with E-state index in [1.54, 1.807) is 0 Å². The molecule has 0 saturated heterocycles. The second-order valence-corrected chi connectivity index (χ2v) is 3.28. The van der Waals surface area contributed by atoms with E-state index >= 15 is 0 Å². The summed E-state index contributed by atoms with van der Waals surface area (Å²) in [4.78, 5) is 2.00. The van der Waals surface area contributed by atoms with Gasteiger partial charge in [-0.25, -0.2) is 0 Å². The maximum Gasteiger partial charge on any atom is -1.00 e. The maximum absolute atomic E-state index is 8.29. The van der Waals surface area contributed by atoms with Crippen molar-refractivity contribution in [3.8, 4) is 0 Å². The minimum atomic E-state index is -0.750. The van der Waals surface area contributed by atoms with Gasteiger partial charge < -0.3 is 17.3 Å². The summed E-state index contributed by atoms with van der Waals surface area (Å²) < 4.78 is 16.6. The zero-order valence-corrected chi connectivity index (χ0v) is 11.6. The first-order valence-electron chi connectivity index (χ1n) is 2.83. The fourth-order valence-electron chi connectivity index (χ4n) is 0. The molecule has 0 amide bonds. The summed E-state index contributed by atoms with van der Waals surface area (Å²) in [6, 6.07) is 0. The molecule has 0 heterocycles. The summed E-state index contributed by atoms with van der Waals surface area (Å²) in [5, 5.41) is 0. The molecule has 0 atom stereocenters. The van der Waals surface area contributed by atoms with Crippen molar-refractivity contribution in [2.45, 2.75) is 11.6 Å². The van der Waals surface area contributed by atoms with Gasteiger partial charge in [-0.2, -0.15) is 8.42 Å². The van der Waals surface area contributed by atoms with Crippen LogP contribution >= 0.6 is 12.4 Å². The first-order valence-corrected chi connectivity index (χ1v) is 5.81. The van der Waals surface area contributed by atoms with Crippen LogP contribution in [-0.4, -0.2) is 49.7 Å². The normalized spacial score (nSPS) is 4.83. The van der Waals surface area contributed by atoms with Crippen LogP contribution in [0.4, 0.5) is 0 Å². The zero-order chi connectivity index (χ0) is 8.99. The van der Waals surface area contributed by atoms with Gasteiger partial charge in [-0.05, 0) is 21.1 Å². The topological polar surface area (TPSA) is 37.4 Å². The largest absolute Gasteiger partial charge is 1.00 e. The third kappa shape index (κ3) is 1340. The molecule has 0 aromatic carbocycles. The Hall–Kier alpha value is 0.892. The van der Waals surface area contributed by atoms with E-state index in [1.165, 1.54) is 0 Å². The predicted molar refractivity (Wildman–Crippen MR) is 53.3 cm³/mol. The molecule has 3 nitrogen and oxygen atoms in total. The van der Waals surface area contributed by atoms with Gasteiger partial charge in [-0.15, -0.1) is 12.4 Å². The minimum Gasteiger partial charge on any atom is -1.00 e. The molecule has 0 unspecified atom stereocenters. The molecule has 0 fully saturated rings. The molecule has 0 aliphatic carbocycles. The maximum atomic E-state index is 8.29. The summed E-state index contributed by atoms with van der Waals surface area (Å²) in [5.74, 6) is 4.42. The molecule has 0 aromatic heterocycles. The molecule has 0 aliphatic rings. The fraction of sp³-hybridized carbons (Fsp3) is 1.00. The molecule has 0 radical (unpaired) electrons. The van der Waals surface area contributed by atoms with E-state index < -0.39 is 11.6 Å². The summed E-state index contributed by atoms with van der Waals surface area (Å²) in [7, 11) is 6.00. The van der Waals surface area contributed by atoms with Gasteiger partial charge in [-0.1, -0.05) is 0 Å². The predicted octanol–water partition coefficient (Wildman–Crippen LogP) is -2.28. The Balaban J connectivity index is -0.0000000191. The average Bonchev–Trinajstić information content (AvgIpc) is 1.65. The average molecular weight is 252 g/mol. The number of nitrogens with zero attached hydrogens (tertiary/aromatic N) is 1. The van der Waals surface area contributed by atoms with Gasteiger partial charge in [0.1, 0.15) is 0 Å². The van der Waals surface area contributed by atoms with Crippen LogP contribution < -0.4 is 12.4 Å². The van der Waals surface area contributed by atoms with E-state index in [0.29, 0.717) is 0 Å². The molecular formula is C5H16AlCl2NO2S. The molecule has 7 heteroatoms. The molecule has 0 saturated carbocycles. The summed E-state index contributed by atoms with van der Waals surface area (Å²) in [5.41, 5.74) is 0. The van der Waals surface area contributed by atoms with Crippen LogP contribution in [-0.2, 0) is 11.6 Å². The molecular weight excluding hydrogens is 236 g/mol. The van der Waals surface area contributed by atoms with Gasteiger partial charge in [0.25, 0.3) is 0 Å². The van der Waals surface area contributed by atoms with Crippen molar-refractivity contribution < 1.29 is 20.8 Å². The van der Waals surface area contributed by atoms with Gasteiger partial charge in [0.2, 0.25) is 0 Å². The number of hydrogen-bond donors (Lipinski definition) is 0. The second-order valence-electron chi connectivity index (χ2n) is 1.99. The van der Waals surface area contributed by atoms with E-state index in [-0.39, 0.29) is 24.8 Å². The van der Waals surface area contributed by atoms with E-state index in [0.717, 1.165) is 15.2 Å². The molecule has 0 rings (SSSR count). The monoisotopic (exact) mass is 251 g/mol. The van der Waals surface area contributed by atoms with Crippen molar-refractivity contribution in [3.05, 3.63) is 0 Å². The summed E-state index contributed by atoms with van der Waals surface area (Å²) in [6.07, 6.45) is 0. The Kier molecular flexibility index (Phi) is 99.1. The van der Waals surface area contributed by atoms with Crippen LogP contribution in [0.25, 0.3) is 0 Å². The van der Waals surface area contributed by atoms with Crippen molar-refractivity contribution in [2.24, 2.45) is 0 Å². The van der Waals surface area contributed by atoms with E-state index in [2.05, 4.69) is 11.6 Å². The van der Waals surface area contributed by atoms with E-state index in [4.69, 9.17) is 8.42 Å². The smallest absolute Gasteiger partial charge is 1.00 e. The molecule has 0 aromatic rings. The van der Waals surface area contributed by atoms with Gasteiger partial charge in [0.15, 0.2) is 0 Å². The Labute approximate surface area is 97.4 Å². The first-order chi connectivity index (χ1) is 4.56. The van der Waals surface area contributed by atoms with Crippen LogP contribution in [0, 0.1) is 0 Å². The second kappa shape index (κ2) is 40.6. The molecule has 0 aliphatic heterocycles. The van der Waals surface area contributed by atoms with Gasteiger partial charge in [0.05, 0.1) is 0 Å². The van der Waals surface area contributed by atoms with Gasteiger partial charge >= 0.3 is 38.4 Å². The molecule has 12 heavy (non-hydrogen) atoms. The van der Waals surface area contributed by atoms with Crippen LogP contribution in [0.1, 0.15) is 0 Å². The van der Waals surface area contributed by atoms with Gasteiger partial charge in [-0.3, -0.25) is 0 Å². The van der Waals surface area contributed by atoms with Crippen LogP contribution in [0.2, 0.25) is 11.6 Å². The third-order valence-corrected chi connectivity index (χ3v) is 0. The van der Waals surface area contributed by atoms with Crippen LogP contribution in [0.15, 0.2) is 0 Å². The number of hydrogen-bond acceptors (Lipinski definition) is 3. The molecule has 76 valence electrons. The Bertz CT molecular complexity index is 79.1. The molecule has 0 bridgehead atoms. The van der Waals surface area contributed by atoms with Crippen LogP contribution in [0.5, 0.6) is 0 Å². The quantitative estimate of drug-likeness (QED) is 0.456. The zero-order valence-electron chi connectivity index (χ0n) is 8.04. The van der Waals surface area contributed by atoms with E-state index in [9.17, 15) is 0 Å². The van der Waals surface area contributed by atoms with Crippen molar-refractivity contribution in [1.82, 2.24) is 4.90 Å². The Morgan fingerprint density at radius 3 is 1.08 bits per heavy atom. The SMILES string of the molecule is CN(C)C.Cl.O=S=O.[CH3][Al+][CH3].[Cl-]. The first kappa shape index (κ1) is 29.3.